The Bertz CT molecular complexity index is 357. The van der Waals surface area contributed by atoms with Gasteiger partial charge in [-0.2, -0.15) is 0 Å². The van der Waals surface area contributed by atoms with Crippen LogP contribution in [-0.4, -0.2) is 12.4 Å². The number of benzene rings is 1. The number of fused-ring (bicyclic) bond motifs is 1. The van der Waals surface area contributed by atoms with Crippen LogP contribution in [0.3, 0.4) is 0 Å². The van der Waals surface area contributed by atoms with Crippen molar-refractivity contribution in [3.05, 3.63) is 35.4 Å². The van der Waals surface area contributed by atoms with Gasteiger partial charge in [0.2, 0.25) is 0 Å². The Labute approximate surface area is 90.3 Å². The van der Waals surface area contributed by atoms with Gasteiger partial charge < -0.3 is 4.74 Å². The topological polar surface area (TPSA) is 26.3 Å². The molecule has 0 spiro atoms. The number of ether oxygens (including phenoxy) is 1. The van der Waals surface area contributed by atoms with Gasteiger partial charge in [-0.15, -0.1) is 0 Å². The number of hydrogen-bond donors (Lipinski definition) is 0. The first-order valence-electron chi connectivity index (χ1n) is 5.46. The highest BCUT2D eigenvalue weighted by atomic mass is 16.5. The standard InChI is InChI=1S/C13H16O2/c1-10(14)9-15-13-8-4-6-11-5-2-3-7-12(11)13/h2-3,5,7,13H,4,6,8-9H2,1H3. The molecule has 15 heavy (non-hydrogen) atoms. The van der Waals surface area contributed by atoms with E-state index in [1.54, 1.807) is 6.92 Å². The maximum absolute atomic E-state index is 10.9. The first kappa shape index (κ1) is 10.4. The molecule has 1 atom stereocenters. The highest BCUT2D eigenvalue weighted by molar-refractivity contribution is 5.76. The van der Waals surface area contributed by atoms with E-state index >= 15 is 0 Å². The molecule has 0 amide bonds. The summed E-state index contributed by atoms with van der Waals surface area (Å²) in [6.07, 6.45) is 3.44. The van der Waals surface area contributed by atoms with E-state index in [2.05, 4.69) is 18.2 Å². The number of carbonyl (C=O) groups excluding carboxylic acids is 1. The van der Waals surface area contributed by atoms with Gasteiger partial charge in [0.15, 0.2) is 5.78 Å². The maximum atomic E-state index is 10.9. The van der Waals surface area contributed by atoms with Gasteiger partial charge in [0.1, 0.15) is 6.61 Å². The maximum Gasteiger partial charge on any atom is 0.155 e. The zero-order valence-corrected chi connectivity index (χ0v) is 9.03. The molecule has 2 rings (SSSR count). The Morgan fingerprint density at radius 1 is 1.47 bits per heavy atom. The van der Waals surface area contributed by atoms with Crippen molar-refractivity contribution in [2.45, 2.75) is 32.3 Å². The minimum atomic E-state index is 0.0954. The van der Waals surface area contributed by atoms with E-state index in [0.29, 0.717) is 0 Å². The van der Waals surface area contributed by atoms with E-state index in [1.807, 2.05) is 6.07 Å². The van der Waals surface area contributed by atoms with Crippen LogP contribution in [0, 0.1) is 0 Å². The van der Waals surface area contributed by atoms with Crippen LogP contribution in [0.25, 0.3) is 0 Å². The van der Waals surface area contributed by atoms with Crippen molar-refractivity contribution >= 4 is 5.78 Å². The van der Waals surface area contributed by atoms with Crippen molar-refractivity contribution in [2.75, 3.05) is 6.61 Å². The lowest BCUT2D eigenvalue weighted by molar-refractivity contribution is -0.123. The monoisotopic (exact) mass is 204 g/mol. The minimum absolute atomic E-state index is 0.0954. The van der Waals surface area contributed by atoms with Crippen LogP contribution in [0.1, 0.15) is 37.0 Å². The van der Waals surface area contributed by atoms with Crippen LogP contribution in [0.5, 0.6) is 0 Å². The van der Waals surface area contributed by atoms with E-state index in [1.165, 1.54) is 11.1 Å². The van der Waals surface area contributed by atoms with Gasteiger partial charge in [-0.05, 0) is 37.3 Å². The third-order valence-electron chi connectivity index (χ3n) is 2.80. The summed E-state index contributed by atoms with van der Waals surface area (Å²) in [6, 6.07) is 8.36. The molecule has 1 aliphatic rings. The summed E-state index contributed by atoms with van der Waals surface area (Å²) >= 11 is 0. The normalized spacial score (nSPS) is 19.7. The molecule has 1 aromatic rings. The lowest BCUT2D eigenvalue weighted by Gasteiger charge is -2.25. The first-order valence-corrected chi connectivity index (χ1v) is 5.46. The average molecular weight is 204 g/mol. The third-order valence-corrected chi connectivity index (χ3v) is 2.80. The Hall–Kier alpha value is -1.15. The molecule has 0 saturated heterocycles. The van der Waals surface area contributed by atoms with Crippen LogP contribution in [0.15, 0.2) is 24.3 Å². The summed E-state index contributed by atoms with van der Waals surface area (Å²) < 4.78 is 5.62. The summed E-state index contributed by atoms with van der Waals surface area (Å²) in [4.78, 5) is 10.9. The molecular weight excluding hydrogens is 188 g/mol. The number of Topliss-reactive ketones (excluding diaryl/α,β-unsaturated/α-hetero) is 1. The minimum Gasteiger partial charge on any atom is -0.366 e. The van der Waals surface area contributed by atoms with Crippen LogP contribution in [-0.2, 0) is 16.0 Å². The Kier molecular flexibility index (Phi) is 3.17. The quantitative estimate of drug-likeness (QED) is 0.756. The molecule has 0 heterocycles. The molecule has 80 valence electrons. The van der Waals surface area contributed by atoms with Crippen molar-refractivity contribution in [1.29, 1.82) is 0 Å². The molecule has 0 aromatic heterocycles. The summed E-state index contributed by atoms with van der Waals surface area (Å²) in [5, 5.41) is 0. The van der Waals surface area contributed by atoms with Crippen molar-refractivity contribution in [3.63, 3.8) is 0 Å². The molecule has 0 radical (unpaired) electrons. The van der Waals surface area contributed by atoms with Gasteiger partial charge in [-0.1, -0.05) is 24.3 Å². The Morgan fingerprint density at radius 3 is 3.07 bits per heavy atom. The lowest BCUT2D eigenvalue weighted by Crippen LogP contribution is -2.15. The van der Waals surface area contributed by atoms with Gasteiger partial charge in [-0.3, -0.25) is 4.79 Å². The van der Waals surface area contributed by atoms with E-state index in [0.717, 1.165) is 19.3 Å². The zero-order chi connectivity index (χ0) is 10.7. The fraction of sp³-hybridized carbons (Fsp3) is 0.462. The predicted octanol–water partition coefficient (Wildman–Crippen LogP) is 2.67. The molecular formula is C13H16O2. The number of aryl methyl sites for hydroxylation is 1. The van der Waals surface area contributed by atoms with Gasteiger partial charge in [0.25, 0.3) is 0 Å². The van der Waals surface area contributed by atoms with Crippen molar-refractivity contribution in [1.82, 2.24) is 0 Å². The SMILES string of the molecule is CC(=O)COC1CCCc2ccccc21. The van der Waals surface area contributed by atoms with E-state index in [9.17, 15) is 4.79 Å². The summed E-state index contributed by atoms with van der Waals surface area (Å²) in [5.74, 6) is 0.0954. The highest BCUT2D eigenvalue weighted by Gasteiger charge is 2.20. The first-order chi connectivity index (χ1) is 7.27. The molecule has 1 aliphatic carbocycles. The smallest absolute Gasteiger partial charge is 0.155 e. The van der Waals surface area contributed by atoms with Crippen molar-refractivity contribution in [3.8, 4) is 0 Å². The highest BCUT2D eigenvalue weighted by Crippen LogP contribution is 2.31. The van der Waals surface area contributed by atoms with E-state index < -0.39 is 0 Å². The summed E-state index contributed by atoms with van der Waals surface area (Å²) in [7, 11) is 0. The number of ketones is 1. The second kappa shape index (κ2) is 4.58. The van der Waals surface area contributed by atoms with Gasteiger partial charge >= 0.3 is 0 Å². The molecule has 0 aliphatic heterocycles. The average Bonchev–Trinajstić information content (AvgIpc) is 2.26. The van der Waals surface area contributed by atoms with Gasteiger partial charge in [0, 0.05) is 0 Å². The van der Waals surface area contributed by atoms with Gasteiger partial charge in [-0.25, -0.2) is 0 Å². The molecule has 2 heteroatoms. The van der Waals surface area contributed by atoms with Crippen LogP contribution < -0.4 is 0 Å². The molecule has 2 nitrogen and oxygen atoms in total. The predicted molar refractivity (Wildman–Crippen MR) is 58.8 cm³/mol. The van der Waals surface area contributed by atoms with Crippen LogP contribution >= 0.6 is 0 Å². The van der Waals surface area contributed by atoms with Crippen molar-refractivity contribution < 1.29 is 9.53 Å². The van der Waals surface area contributed by atoms with Gasteiger partial charge in [0.05, 0.1) is 6.10 Å². The fourth-order valence-corrected chi connectivity index (χ4v) is 2.10. The Balaban J connectivity index is 2.11. The second-order valence-electron chi connectivity index (χ2n) is 4.09. The molecule has 0 bridgehead atoms. The number of carbonyl (C=O) groups is 1. The summed E-state index contributed by atoms with van der Waals surface area (Å²) in [6.45, 7) is 1.80. The second-order valence-corrected chi connectivity index (χ2v) is 4.09. The Morgan fingerprint density at radius 2 is 2.27 bits per heavy atom. The largest absolute Gasteiger partial charge is 0.366 e. The fourth-order valence-electron chi connectivity index (χ4n) is 2.10. The third kappa shape index (κ3) is 2.45. The molecule has 1 unspecified atom stereocenters. The molecule has 1 aromatic carbocycles. The summed E-state index contributed by atoms with van der Waals surface area (Å²) in [5.41, 5.74) is 2.64. The lowest BCUT2D eigenvalue weighted by atomic mass is 9.89. The molecule has 0 fully saturated rings. The van der Waals surface area contributed by atoms with Crippen molar-refractivity contribution in [2.24, 2.45) is 0 Å². The van der Waals surface area contributed by atoms with E-state index in [4.69, 9.17) is 4.74 Å². The number of hydrogen-bond acceptors (Lipinski definition) is 2. The number of rotatable bonds is 3. The van der Waals surface area contributed by atoms with E-state index in [-0.39, 0.29) is 18.5 Å². The molecule has 0 saturated carbocycles. The zero-order valence-electron chi connectivity index (χ0n) is 9.03. The van der Waals surface area contributed by atoms with Crippen LogP contribution in [0.4, 0.5) is 0 Å². The molecule has 0 N–H and O–H groups in total. The van der Waals surface area contributed by atoms with Crippen LogP contribution in [0.2, 0.25) is 0 Å².